The average molecular weight is 244 g/mol. The molecule has 3 heteroatoms. The molecule has 1 aromatic carbocycles. The van der Waals surface area contributed by atoms with Gasteiger partial charge >= 0.3 is 0 Å². The highest BCUT2D eigenvalue weighted by Crippen LogP contribution is 2.19. The summed E-state index contributed by atoms with van der Waals surface area (Å²) in [6.45, 7) is 4.31. The van der Waals surface area contributed by atoms with Crippen LogP contribution in [0, 0.1) is 0 Å². The smallest absolute Gasteiger partial charge is 0.116 e. The van der Waals surface area contributed by atoms with Gasteiger partial charge in [-0.2, -0.15) is 0 Å². The minimum Gasteiger partial charge on any atom is -0.399 e. The third-order valence-electron chi connectivity index (χ3n) is 2.46. The van der Waals surface area contributed by atoms with Gasteiger partial charge in [-0.25, -0.2) is 4.98 Å². The third-order valence-corrected chi connectivity index (χ3v) is 3.29. The normalized spacial score (nSPS) is 11.5. The molecular weight excluding hydrogens is 228 g/mol. The number of thiazole rings is 1. The lowest BCUT2D eigenvalue weighted by atomic mass is 10.2. The van der Waals surface area contributed by atoms with Crippen LogP contribution in [0.4, 0.5) is 5.69 Å². The van der Waals surface area contributed by atoms with E-state index in [4.69, 9.17) is 5.73 Å². The molecule has 0 saturated carbocycles. The first-order chi connectivity index (χ1) is 8.15. The summed E-state index contributed by atoms with van der Waals surface area (Å²) in [5.41, 5.74) is 8.77. The molecule has 2 rings (SSSR count). The Balaban J connectivity index is 2.14. The van der Waals surface area contributed by atoms with Gasteiger partial charge in [0, 0.05) is 11.1 Å². The van der Waals surface area contributed by atoms with Crippen molar-refractivity contribution in [2.75, 3.05) is 5.73 Å². The topological polar surface area (TPSA) is 38.9 Å². The van der Waals surface area contributed by atoms with Crippen LogP contribution in [0.3, 0.4) is 0 Å². The summed E-state index contributed by atoms with van der Waals surface area (Å²) < 4.78 is 0. The van der Waals surface area contributed by atoms with Gasteiger partial charge in [-0.3, -0.25) is 0 Å². The van der Waals surface area contributed by atoms with Crippen LogP contribution in [-0.4, -0.2) is 4.98 Å². The van der Waals surface area contributed by atoms with E-state index in [0.717, 1.165) is 22.0 Å². The first-order valence-corrected chi connectivity index (χ1v) is 6.52. The zero-order valence-corrected chi connectivity index (χ0v) is 10.9. The van der Waals surface area contributed by atoms with Crippen molar-refractivity contribution in [3.63, 3.8) is 0 Å². The van der Waals surface area contributed by atoms with Crippen molar-refractivity contribution in [2.24, 2.45) is 0 Å². The van der Waals surface area contributed by atoms with Crippen LogP contribution in [0.1, 0.15) is 36.0 Å². The Morgan fingerprint density at radius 3 is 2.76 bits per heavy atom. The number of nitrogens with two attached hydrogens (primary N) is 1. The Hall–Kier alpha value is -1.61. The summed E-state index contributed by atoms with van der Waals surface area (Å²) in [6, 6.07) is 7.82. The maximum atomic E-state index is 5.72. The van der Waals surface area contributed by atoms with Crippen LogP contribution in [-0.2, 0) is 0 Å². The lowest BCUT2D eigenvalue weighted by Gasteiger charge is -1.96. The van der Waals surface area contributed by atoms with E-state index in [0.29, 0.717) is 5.92 Å². The Morgan fingerprint density at radius 1 is 1.29 bits per heavy atom. The van der Waals surface area contributed by atoms with Crippen molar-refractivity contribution in [3.05, 3.63) is 45.9 Å². The molecule has 0 aliphatic rings. The lowest BCUT2D eigenvalue weighted by Crippen LogP contribution is -1.86. The maximum absolute atomic E-state index is 5.72. The minimum atomic E-state index is 0.487. The Labute approximate surface area is 106 Å². The molecule has 0 saturated heterocycles. The van der Waals surface area contributed by atoms with Crippen LogP contribution in [0.15, 0.2) is 29.6 Å². The monoisotopic (exact) mass is 244 g/mol. The van der Waals surface area contributed by atoms with Gasteiger partial charge in [0.1, 0.15) is 5.01 Å². The van der Waals surface area contributed by atoms with Crippen molar-refractivity contribution in [1.29, 1.82) is 0 Å². The number of anilines is 1. The van der Waals surface area contributed by atoms with E-state index in [-0.39, 0.29) is 0 Å². The van der Waals surface area contributed by atoms with Crippen LogP contribution < -0.4 is 5.73 Å². The third kappa shape index (κ3) is 3.17. The van der Waals surface area contributed by atoms with E-state index in [1.54, 1.807) is 11.3 Å². The highest BCUT2D eigenvalue weighted by molar-refractivity contribution is 7.10. The van der Waals surface area contributed by atoms with E-state index >= 15 is 0 Å². The molecule has 2 nitrogen and oxygen atoms in total. The molecule has 0 spiro atoms. The molecule has 2 aromatic rings. The molecule has 0 unspecified atom stereocenters. The fourth-order valence-electron chi connectivity index (χ4n) is 1.47. The van der Waals surface area contributed by atoms with Gasteiger partial charge in [0.05, 0.1) is 5.69 Å². The minimum absolute atomic E-state index is 0.487. The molecular formula is C14H16N2S. The number of rotatable bonds is 3. The number of nitrogens with zero attached hydrogens (tertiary/aromatic N) is 1. The molecule has 1 heterocycles. The van der Waals surface area contributed by atoms with Gasteiger partial charge in [0.2, 0.25) is 0 Å². The van der Waals surface area contributed by atoms with E-state index in [9.17, 15) is 0 Å². The maximum Gasteiger partial charge on any atom is 0.116 e. The van der Waals surface area contributed by atoms with Crippen molar-refractivity contribution in [2.45, 2.75) is 19.8 Å². The first-order valence-electron chi connectivity index (χ1n) is 5.64. The van der Waals surface area contributed by atoms with E-state index in [2.05, 4.69) is 24.2 Å². The molecule has 0 aliphatic heterocycles. The van der Waals surface area contributed by atoms with E-state index < -0.39 is 0 Å². The van der Waals surface area contributed by atoms with Gasteiger partial charge < -0.3 is 5.73 Å². The number of benzene rings is 1. The van der Waals surface area contributed by atoms with E-state index in [1.807, 2.05) is 36.4 Å². The van der Waals surface area contributed by atoms with Gasteiger partial charge in [-0.15, -0.1) is 11.3 Å². The number of hydrogen-bond donors (Lipinski definition) is 1. The predicted molar refractivity (Wildman–Crippen MR) is 76.0 cm³/mol. The molecule has 0 radical (unpaired) electrons. The van der Waals surface area contributed by atoms with Crippen LogP contribution in [0.25, 0.3) is 12.2 Å². The largest absolute Gasteiger partial charge is 0.399 e. The van der Waals surface area contributed by atoms with Crippen molar-refractivity contribution in [1.82, 2.24) is 4.98 Å². The van der Waals surface area contributed by atoms with Crippen LogP contribution in [0.2, 0.25) is 0 Å². The van der Waals surface area contributed by atoms with E-state index in [1.165, 1.54) is 0 Å². The van der Waals surface area contributed by atoms with Gasteiger partial charge in [0.15, 0.2) is 0 Å². The number of hydrogen-bond acceptors (Lipinski definition) is 3. The molecule has 0 aliphatic carbocycles. The molecule has 1 aromatic heterocycles. The second-order valence-corrected chi connectivity index (χ2v) is 5.16. The molecule has 2 N–H and O–H groups in total. The fraction of sp³-hybridized carbons (Fsp3) is 0.214. The second-order valence-electron chi connectivity index (χ2n) is 4.27. The van der Waals surface area contributed by atoms with Gasteiger partial charge in [0.25, 0.3) is 0 Å². The molecule has 0 bridgehead atoms. The van der Waals surface area contributed by atoms with Gasteiger partial charge in [-0.05, 0) is 29.7 Å². The molecule has 17 heavy (non-hydrogen) atoms. The Morgan fingerprint density at radius 2 is 2.12 bits per heavy atom. The lowest BCUT2D eigenvalue weighted by molar-refractivity contribution is 0.832. The Bertz CT molecular complexity index is 527. The molecule has 0 fully saturated rings. The zero-order valence-electron chi connectivity index (χ0n) is 10.1. The summed E-state index contributed by atoms with van der Waals surface area (Å²) in [5, 5.41) is 3.15. The van der Waals surface area contributed by atoms with Gasteiger partial charge in [-0.1, -0.05) is 32.1 Å². The highest BCUT2D eigenvalue weighted by Gasteiger charge is 2.02. The molecule has 0 amide bonds. The number of aromatic nitrogens is 1. The fourth-order valence-corrected chi connectivity index (χ4v) is 2.34. The van der Waals surface area contributed by atoms with Crippen molar-refractivity contribution < 1.29 is 0 Å². The Kier molecular flexibility index (Phi) is 3.59. The van der Waals surface area contributed by atoms with Crippen LogP contribution in [0.5, 0.6) is 0 Å². The standard InChI is InChI=1S/C14H16N2S/c1-10(2)13-9-17-14(16-13)7-6-11-4-3-5-12(15)8-11/h3-10H,15H2,1-2H3. The first kappa shape index (κ1) is 11.9. The molecule has 0 atom stereocenters. The second kappa shape index (κ2) is 5.15. The van der Waals surface area contributed by atoms with Crippen molar-refractivity contribution >= 4 is 29.2 Å². The van der Waals surface area contributed by atoms with Crippen molar-refractivity contribution in [3.8, 4) is 0 Å². The zero-order chi connectivity index (χ0) is 12.3. The average Bonchev–Trinajstić information content (AvgIpc) is 2.75. The highest BCUT2D eigenvalue weighted by atomic mass is 32.1. The summed E-state index contributed by atoms with van der Waals surface area (Å²) >= 11 is 1.67. The summed E-state index contributed by atoms with van der Waals surface area (Å²) in [7, 11) is 0. The summed E-state index contributed by atoms with van der Waals surface area (Å²) in [4.78, 5) is 4.55. The summed E-state index contributed by atoms with van der Waals surface area (Å²) in [5.74, 6) is 0.487. The quantitative estimate of drug-likeness (QED) is 0.828. The van der Waals surface area contributed by atoms with Crippen LogP contribution >= 0.6 is 11.3 Å². The SMILES string of the molecule is CC(C)c1csc(C=Cc2cccc(N)c2)n1. The number of nitrogen functional groups attached to an aromatic ring is 1. The molecule has 88 valence electrons. The predicted octanol–water partition coefficient (Wildman–Crippen LogP) is 4.02. The summed E-state index contributed by atoms with van der Waals surface area (Å²) in [6.07, 6.45) is 4.07.